The number of hydrogen-bond acceptors (Lipinski definition) is 8. The van der Waals surface area contributed by atoms with Crippen molar-refractivity contribution in [3.8, 4) is 0 Å². The van der Waals surface area contributed by atoms with Crippen LogP contribution in [0.5, 0.6) is 0 Å². The van der Waals surface area contributed by atoms with Gasteiger partial charge in [0.2, 0.25) is 5.95 Å². The molecule has 0 radical (unpaired) electrons. The van der Waals surface area contributed by atoms with Crippen LogP contribution >= 0.6 is 11.9 Å². The van der Waals surface area contributed by atoms with Crippen molar-refractivity contribution in [2.45, 2.75) is 44.4 Å². The van der Waals surface area contributed by atoms with Crippen LogP contribution in [-0.2, 0) is 12.7 Å². The van der Waals surface area contributed by atoms with Crippen LogP contribution in [0, 0.1) is 0 Å². The number of aromatic nitrogens is 3. The average Bonchev–Trinajstić information content (AvgIpc) is 3.46. The van der Waals surface area contributed by atoms with E-state index < -0.39 is 11.7 Å². The van der Waals surface area contributed by atoms with Crippen molar-refractivity contribution in [2.75, 3.05) is 35.3 Å². The number of pyridine rings is 1. The number of anilines is 4. The summed E-state index contributed by atoms with van der Waals surface area (Å²) in [5.74, 6) is 0.237. The second-order valence-electron chi connectivity index (χ2n) is 9.03. The first-order chi connectivity index (χ1) is 18.2. The predicted octanol–water partition coefficient (Wildman–Crippen LogP) is 5.97. The lowest BCUT2D eigenvalue weighted by atomic mass is 10.1. The summed E-state index contributed by atoms with van der Waals surface area (Å²) >= 11 is 1.44. The molecule has 0 aliphatic heterocycles. The number of amides is 1. The highest BCUT2D eigenvalue weighted by Crippen LogP contribution is 2.35. The number of nitrogens with one attached hydrogen (secondary N) is 2. The van der Waals surface area contributed by atoms with Gasteiger partial charge in [-0.3, -0.25) is 4.79 Å². The van der Waals surface area contributed by atoms with E-state index in [1.165, 1.54) is 11.9 Å². The second kappa shape index (κ2) is 11.9. The monoisotopic (exact) mass is 545 g/mol. The maximum atomic E-state index is 13.7. The highest BCUT2D eigenvalue weighted by Gasteiger charge is 2.35. The van der Waals surface area contributed by atoms with Gasteiger partial charge in [0.15, 0.2) is 0 Å². The molecule has 1 fully saturated rings. The van der Waals surface area contributed by atoms with E-state index in [-0.39, 0.29) is 30.3 Å². The van der Waals surface area contributed by atoms with Crippen LogP contribution in [0.3, 0.4) is 0 Å². The topological polar surface area (TPSA) is 86.3 Å². The van der Waals surface area contributed by atoms with Crippen molar-refractivity contribution in [1.29, 1.82) is 0 Å². The lowest BCUT2D eigenvalue weighted by Crippen LogP contribution is -2.35. The highest BCUT2D eigenvalue weighted by atomic mass is 32.2. The Labute approximate surface area is 224 Å². The Morgan fingerprint density at radius 3 is 2.47 bits per heavy atom. The van der Waals surface area contributed by atoms with Crippen LogP contribution in [0.25, 0.3) is 0 Å². The summed E-state index contributed by atoms with van der Waals surface area (Å²) in [4.78, 5) is 26.9. The summed E-state index contributed by atoms with van der Waals surface area (Å²) in [5.41, 5.74) is 0.839. The Balaban J connectivity index is 1.50. The number of carbonyl (C=O) groups excluding carboxylic acids is 1. The Morgan fingerprint density at radius 1 is 1.11 bits per heavy atom. The highest BCUT2D eigenvalue weighted by molar-refractivity contribution is 7.99. The maximum Gasteiger partial charge on any atom is 0.421 e. The quantitative estimate of drug-likeness (QED) is 0.318. The smallest absolute Gasteiger partial charge is 0.365 e. The van der Waals surface area contributed by atoms with E-state index in [9.17, 15) is 18.0 Å². The molecular weight excluding hydrogens is 515 g/mol. The van der Waals surface area contributed by atoms with E-state index in [0.29, 0.717) is 22.6 Å². The lowest BCUT2D eigenvalue weighted by Gasteiger charge is -2.24. The van der Waals surface area contributed by atoms with Gasteiger partial charge in [0.05, 0.1) is 0 Å². The Kier molecular flexibility index (Phi) is 8.60. The van der Waals surface area contributed by atoms with Gasteiger partial charge >= 0.3 is 6.18 Å². The molecule has 202 valence electrons. The normalized spacial score (nSPS) is 13.8. The zero-order valence-corrected chi connectivity index (χ0v) is 22.2. The van der Waals surface area contributed by atoms with E-state index in [1.807, 2.05) is 24.7 Å². The van der Waals surface area contributed by atoms with Crippen molar-refractivity contribution in [3.05, 3.63) is 65.5 Å². The van der Waals surface area contributed by atoms with Gasteiger partial charge in [0.25, 0.3) is 5.91 Å². The molecule has 1 aliphatic carbocycles. The van der Waals surface area contributed by atoms with Crippen molar-refractivity contribution in [2.24, 2.45) is 0 Å². The molecule has 0 atom stereocenters. The second-order valence-corrected chi connectivity index (χ2v) is 9.94. The molecule has 8 nitrogen and oxygen atoms in total. The molecule has 0 bridgehead atoms. The Morgan fingerprint density at radius 2 is 1.82 bits per heavy atom. The minimum Gasteiger partial charge on any atom is -0.365 e. The Hall–Kier alpha value is -3.54. The van der Waals surface area contributed by atoms with E-state index in [1.54, 1.807) is 47.5 Å². The largest absolute Gasteiger partial charge is 0.421 e. The number of benzene rings is 1. The van der Waals surface area contributed by atoms with Crippen LogP contribution < -0.4 is 14.9 Å². The molecule has 1 aromatic carbocycles. The number of hydrogen-bond donors (Lipinski definition) is 2. The molecule has 2 heterocycles. The van der Waals surface area contributed by atoms with Gasteiger partial charge in [-0.25, -0.2) is 9.97 Å². The van der Waals surface area contributed by atoms with Crippen LogP contribution in [0.1, 0.15) is 47.2 Å². The fourth-order valence-electron chi connectivity index (χ4n) is 4.39. The molecule has 4 rings (SSSR count). The lowest BCUT2D eigenvalue weighted by molar-refractivity contribution is -0.137. The first kappa shape index (κ1) is 27.5. The summed E-state index contributed by atoms with van der Waals surface area (Å²) in [5, 5.41) is 5.74. The molecule has 2 N–H and O–H groups in total. The molecule has 1 amide bonds. The fraction of sp³-hybridized carbons (Fsp3) is 0.385. The average molecular weight is 546 g/mol. The van der Waals surface area contributed by atoms with Crippen molar-refractivity contribution in [1.82, 2.24) is 19.9 Å². The molecule has 1 aliphatic rings. The van der Waals surface area contributed by atoms with Crippen LogP contribution in [-0.4, -0.2) is 52.2 Å². The number of halogens is 3. The summed E-state index contributed by atoms with van der Waals surface area (Å²) in [6, 6.07) is 10.5. The molecule has 38 heavy (non-hydrogen) atoms. The van der Waals surface area contributed by atoms with E-state index in [0.717, 1.165) is 31.9 Å². The summed E-state index contributed by atoms with van der Waals surface area (Å²) in [6.45, 7) is 0.0823. The van der Waals surface area contributed by atoms with Gasteiger partial charge in [0.1, 0.15) is 17.2 Å². The summed E-state index contributed by atoms with van der Waals surface area (Å²) < 4.78 is 42.9. The van der Waals surface area contributed by atoms with Crippen molar-refractivity contribution < 1.29 is 18.0 Å². The number of rotatable bonds is 9. The standard InChI is InChI=1S/C26H30F3N7OS/c1-35(20-8-4-5-9-20)24(37)17-10-12-19(13-11-17)33-25-32-16-21(26(27,28)29)22(34-25)31-15-18-7-6-14-30-23(18)36(2)38-3/h6-7,10-14,16,20H,4-5,8-9,15H2,1-3H3,(H2,31,32,33,34). The predicted molar refractivity (Wildman–Crippen MR) is 145 cm³/mol. The zero-order valence-electron chi connectivity index (χ0n) is 21.4. The number of alkyl halides is 3. The molecule has 12 heteroatoms. The first-order valence-electron chi connectivity index (χ1n) is 12.2. The number of carbonyl (C=O) groups is 1. The minimum absolute atomic E-state index is 0.00436. The third kappa shape index (κ3) is 6.47. The molecule has 0 saturated heterocycles. The first-order valence-corrected chi connectivity index (χ1v) is 13.4. The Bertz CT molecular complexity index is 1250. The third-order valence-electron chi connectivity index (χ3n) is 6.56. The van der Waals surface area contributed by atoms with Crippen molar-refractivity contribution >= 4 is 41.1 Å². The van der Waals surface area contributed by atoms with Crippen molar-refractivity contribution in [3.63, 3.8) is 0 Å². The van der Waals surface area contributed by atoms with Crippen LogP contribution in [0.15, 0.2) is 48.8 Å². The van der Waals surface area contributed by atoms with E-state index >= 15 is 0 Å². The fourth-order valence-corrected chi connectivity index (χ4v) is 4.73. The van der Waals surface area contributed by atoms with Gasteiger partial charge in [-0.05, 0) is 43.2 Å². The maximum absolute atomic E-state index is 13.7. The van der Waals surface area contributed by atoms with Gasteiger partial charge < -0.3 is 19.8 Å². The molecular formula is C26H30F3N7OS. The third-order valence-corrected chi connectivity index (χ3v) is 7.28. The van der Waals surface area contributed by atoms with Gasteiger partial charge in [-0.15, -0.1) is 0 Å². The van der Waals surface area contributed by atoms with Crippen LogP contribution in [0.2, 0.25) is 0 Å². The number of nitrogens with zero attached hydrogens (tertiary/aromatic N) is 5. The summed E-state index contributed by atoms with van der Waals surface area (Å²) in [7, 11) is 3.65. The molecule has 0 spiro atoms. The van der Waals surface area contributed by atoms with E-state index in [4.69, 9.17) is 0 Å². The van der Waals surface area contributed by atoms with Gasteiger partial charge in [0, 0.05) is 62.1 Å². The zero-order chi connectivity index (χ0) is 27.3. The van der Waals surface area contributed by atoms with Gasteiger partial charge in [-0.1, -0.05) is 30.9 Å². The minimum atomic E-state index is -4.64. The van der Waals surface area contributed by atoms with Crippen LogP contribution in [0.4, 0.5) is 36.4 Å². The molecule has 1 saturated carbocycles. The summed E-state index contributed by atoms with van der Waals surface area (Å²) in [6.07, 6.45) is 3.92. The SMILES string of the molecule is CSN(C)c1ncccc1CNc1nc(Nc2ccc(C(=O)N(C)C3CCCC3)cc2)ncc1C(F)(F)F. The molecule has 2 aromatic heterocycles. The molecule has 0 unspecified atom stereocenters. The van der Waals surface area contributed by atoms with Gasteiger partial charge in [-0.2, -0.15) is 18.2 Å². The molecule has 3 aromatic rings. The van der Waals surface area contributed by atoms with E-state index in [2.05, 4.69) is 25.6 Å².